The first-order valence-corrected chi connectivity index (χ1v) is 9.98. The summed E-state index contributed by atoms with van der Waals surface area (Å²) in [5, 5.41) is 6.32. The van der Waals surface area contributed by atoms with Crippen LogP contribution in [0.25, 0.3) is 0 Å². The van der Waals surface area contributed by atoms with Gasteiger partial charge in [0.1, 0.15) is 0 Å². The van der Waals surface area contributed by atoms with Crippen LogP contribution in [0, 0.1) is 5.92 Å². The number of hydrogen-bond acceptors (Lipinski definition) is 3. The normalized spacial score (nSPS) is 14.4. The van der Waals surface area contributed by atoms with Gasteiger partial charge in [-0.05, 0) is 79.5 Å². The Balaban J connectivity index is 1.54. The maximum Gasteiger partial charge on any atom is 0.257 e. The molecule has 0 unspecified atom stereocenters. The highest BCUT2D eigenvalue weighted by atomic mass is 35.5. The molecule has 2 amide bonds. The molecule has 1 fully saturated rings. The lowest BCUT2D eigenvalue weighted by atomic mass is 9.98. The van der Waals surface area contributed by atoms with Gasteiger partial charge in [-0.2, -0.15) is 0 Å². The number of carbonyl (C=O) groups excluding carboxylic acids is 2. The van der Waals surface area contributed by atoms with E-state index in [-0.39, 0.29) is 16.9 Å². The predicted octanol–water partition coefficient (Wildman–Crippen LogP) is 4.34. The number of piperidine rings is 1. The maximum atomic E-state index is 12.6. The molecule has 1 aliphatic heterocycles. The SMILES string of the molecule is CC1CCN(C(=O)c2ccc(NC(=S)NC(=O)c3ccc(Cl)cc3)cc2)CC1. The monoisotopic (exact) mass is 415 g/mol. The van der Waals surface area contributed by atoms with Gasteiger partial charge in [-0.1, -0.05) is 18.5 Å². The van der Waals surface area contributed by atoms with E-state index in [2.05, 4.69) is 17.6 Å². The molecule has 0 atom stereocenters. The molecule has 0 aliphatic carbocycles. The van der Waals surface area contributed by atoms with Crippen LogP contribution in [-0.4, -0.2) is 34.9 Å². The van der Waals surface area contributed by atoms with E-state index >= 15 is 0 Å². The van der Waals surface area contributed by atoms with Gasteiger partial charge in [-0.25, -0.2) is 0 Å². The average molecular weight is 416 g/mol. The largest absolute Gasteiger partial charge is 0.339 e. The van der Waals surface area contributed by atoms with Crippen LogP contribution < -0.4 is 10.6 Å². The molecule has 0 radical (unpaired) electrons. The number of benzene rings is 2. The highest BCUT2D eigenvalue weighted by Crippen LogP contribution is 2.19. The molecule has 3 rings (SSSR count). The van der Waals surface area contributed by atoms with Gasteiger partial charge < -0.3 is 10.2 Å². The van der Waals surface area contributed by atoms with E-state index in [9.17, 15) is 9.59 Å². The van der Waals surface area contributed by atoms with Crippen molar-refractivity contribution >= 4 is 46.4 Å². The Morgan fingerprint density at radius 2 is 1.57 bits per heavy atom. The Morgan fingerprint density at radius 3 is 2.18 bits per heavy atom. The Bertz CT molecular complexity index is 860. The van der Waals surface area contributed by atoms with Gasteiger partial charge in [0.15, 0.2) is 5.11 Å². The molecule has 1 saturated heterocycles. The third kappa shape index (κ3) is 5.30. The molecule has 7 heteroatoms. The van der Waals surface area contributed by atoms with Crippen molar-refractivity contribution in [1.82, 2.24) is 10.2 Å². The number of hydrogen-bond donors (Lipinski definition) is 2. The lowest BCUT2D eigenvalue weighted by Crippen LogP contribution is -2.37. The van der Waals surface area contributed by atoms with Crippen LogP contribution in [0.5, 0.6) is 0 Å². The molecule has 0 saturated carbocycles. The Kier molecular flexibility index (Phi) is 6.65. The first-order valence-electron chi connectivity index (χ1n) is 9.19. The zero-order chi connectivity index (χ0) is 20.1. The van der Waals surface area contributed by atoms with E-state index in [1.807, 2.05) is 4.90 Å². The standard InChI is InChI=1S/C21H22ClN3O2S/c1-14-10-12-25(13-11-14)20(27)16-4-8-18(9-5-16)23-21(28)24-19(26)15-2-6-17(22)7-3-15/h2-9,14H,10-13H2,1H3,(H2,23,24,26,28). The van der Waals surface area contributed by atoms with Crippen LogP contribution in [0.4, 0.5) is 5.69 Å². The summed E-state index contributed by atoms with van der Waals surface area (Å²) in [6.07, 6.45) is 2.10. The van der Waals surface area contributed by atoms with Crippen molar-refractivity contribution in [1.29, 1.82) is 0 Å². The second kappa shape index (κ2) is 9.17. The van der Waals surface area contributed by atoms with E-state index < -0.39 is 0 Å². The number of rotatable bonds is 3. The molecule has 2 aromatic rings. The first kappa shape index (κ1) is 20.3. The number of thiocarbonyl (C=S) groups is 1. The molecule has 2 aromatic carbocycles. The number of likely N-dealkylation sites (tertiary alicyclic amines) is 1. The van der Waals surface area contributed by atoms with Gasteiger partial charge in [0, 0.05) is 34.9 Å². The van der Waals surface area contributed by atoms with Crippen molar-refractivity contribution in [3.8, 4) is 0 Å². The predicted molar refractivity (Wildman–Crippen MR) is 116 cm³/mol. The molecule has 5 nitrogen and oxygen atoms in total. The number of nitrogens with zero attached hydrogens (tertiary/aromatic N) is 1. The molecule has 0 spiro atoms. The highest BCUT2D eigenvalue weighted by molar-refractivity contribution is 7.80. The zero-order valence-corrected chi connectivity index (χ0v) is 17.1. The smallest absolute Gasteiger partial charge is 0.257 e. The third-order valence-corrected chi connectivity index (χ3v) is 5.25. The van der Waals surface area contributed by atoms with Gasteiger partial charge in [0.25, 0.3) is 11.8 Å². The topological polar surface area (TPSA) is 61.4 Å². The van der Waals surface area contributed by atoms with Crippen molar-refractivity contribution in [2.24, 2.45) is 5.92 Å². The Labute approximate surface area is 175 Å². The van der Waals surface area contributed by atoms with Crippen molar-refractivity contribution < 1.29 is 9.59 Å². The number of anilines is 1. The third-order valence-electron chi connectivity index (χ3n) is 4.79. The Morgan fingerprint density at radius 1 is 1.00 bits per heavy atom. The lowest BCUT2D eigenvalue weighted by molar-refractivity contribution is 0.0697. The van der Waals surface area contributed by atoms with Crippen molar-refractivity contribution in [2.75, 3.05) is 18.4 Å². The second-order valence-electron chi connectivity index (χ2n) is 6.97. The van der Waals surface area contributed by atoms with Crippen LogP contribution in [0.1, 0.15) is 40.5 Å². The molecule has 0 bridgehead atoms. The fourth-order valence-electron chi connectivity index (χ4n) is 3.03. The summed E-state index contributed by atoms with van der Waals surface area (Å²) in [5.41, 5.74) is 1.81. The fraction of sp³-hybridized carbons (Fsp3) is 0.286. The fourth-order valence-corrected chi connectivity index (χ4v) is 3.37. The minimum atomic E-state index is -0.319. The van der Waals surface area contributed by atoms with Crippen LogP contribution in [0.2, 0.25) is 5.02 Å². The average Bonchev–Trinajstić information content (AvgIpc) is 2.69. The quantitative estimate of drug-likeness (QED) is 0.732. The van der Waals surface area contributed by atoms with Crippen molar-refractivity contribution in [2.45, 2.75) is 19.8 Å². The van der Waals surface area contributed by atoms with E-state index in [0.717, 1.165) is 25.9 Å². The highest BCUT2D eigenvalue weighted by Gasteiger charge is 2.21. The van der Waals surface area contributed by atoms with Crippen LogP contribution >= 0.6 is 23.8 Å². The number of carbonyl (C=O) groups is 2. The summed E-state index contributed by atoms with van der Waals surface area (Å²) in [4.78, 5) is 26.6. The van der Waals surface area contributed by atoms with Gasteiger partial charge in [-0.3, -0.25) is 14.9 Å². The summed E-state index contributed by atoms with van der Waals surface area (Å²) in [6.45, 7) is 3.83. The molecule has 28 heavy (non-hydrogen) atoms. The van der Waals surface area contributed by atoms with E-state index in [1.54, 1.807) is 48.5 Å². The minimum absolute atomic E-state index is 0.0528. The second-order valence-corrected chi connectivity index (χ2v) is 7.81. The summed E-state index contributed by atoms with van der Waals surface area (Å²) in [6, 6.07) is 13.6. The number of halogens is 1. The summed E-state index contributed by atoms with van der Waals surface area (Å²) >= 11 is 11.0. The van der Waals surface area contributed by atoms with Gasteiger partial charge in [-0.15, -0.1) is 0 Å². The summed E-state index contributed by atoms with van der Waals surface area (Å²) in [7, 11) is 0. The van der Waals surface area contributed by atoms with E-state index in [4.69, 9.17) is 23.8 Å². The van der Waals surface area contributed by atoms with Crippen molar-refractivity contribution in [3.63, 3.8) is 0 Å². The van der Waals surface area contributed by atoms with Crippen LogP contribution in [0.15, 0.2) is 48.5 Å². The molecule has 1 heterocycles. The van der Waals surface area contributed by atoms with Crippen LogP contribution in [0.3, 0.4) is 0 Å². The number of amides is 2. The molecule has 146 valence electrons. The van der Waals surface area contributed by atoms with Crippen LogP contribution in [-0.2, 0) is 0 Å². The number of nitrogens with one attached hydrogen (secondary N) is 2. The molecular weight excluding hydrogens is 394 g/mol. The first-order chi connectivity index (χ1) is 13.4. The molecular formula is C21H22ClN3O2S. The minimum Gasteiger partial charge on any atom is -0.339 e. The van der Waals surface area contributed by atoms with Gasteiger partial charge in [0.05, 0.1) is 0 Å². The van der Waals surface area contributed by atoms with Crippen molar-refractivity contribution in [3.05, 3.63) is 64.7 Å². The molecule has 0 aromatic heterocycles. The summed E-state index contributed by atoms with van der Waals surface area (Å²) < 4.78 is 0. The van der Waals surface area contributed by atoms with E-state index in [0.29, 0.717) is 27.8 Å². The zero-order valence-electron chi connectivity index (χ0n) is 15.6. The molecule has 2 N–H and O–H groups in total. The Hall–Kier alpha value is -2.44. The lowest BCUT2D eigenvalue weighted by Gasteiger charge is -2.30. The molecule has 1 aliphatic rings. The summed E-state index contributed by atoms with van der Waals surface area (Å²) in [5.74, 6) is 0.414. The van der Waals surface area contributed by atoms with Gasteiger partial charge in [0.2, 0.25) is 0 Å². The van der Waals surface area contributed by atoms with E-state index in [1.165, 1.54) is 0 Å². The van der Waals surface area contributed by atoms with Gasteiger partial charge >= 0.3 is 0 Å². The maximum absolute atomic E-state index is 12.6.